The van der Waals surface area contributed by atoms with Gasteiger partial charge in [0.1, 0.15) is 5.82 Å². The van der Waals surface area contributed by atoms with Gasteiger partial charge in [0.25, 0.3) is 0 Å². The van der Waals surface area contributed by atoms with Crippen molar-refractivity contribution in [1.29, 1.82) is 0 Å². The minimum Gasteiger partial charge on any atom is -0.293 e. The molecule has 0 N–H and O–H groups in total. The first-order valence-electron chi connectivity index (χ1n) is 4.80. The number of hydrogen-bond donors (Lipinski definition) is 0. The Kier molecular flexibility index (Phi) is 4.36. The normalized spacial score (nSPS) is 10.5. The number of carbonyl (C=O) groups excluding carboxylic acids is 1. The minimum absolute atomic E-state index is 0.0485. The molecular weight excluding hydrogens is 323 g/mol. The van der Waals surface area contributed by atoms with Gasteiger partial charge in [-0.3, -0.25) is 4.79 Å². The van der Waals surface area contributed by atoms with Crippen molar-refractivity contribution < 1.29 is 9.18 Å². The van der Waals surface area contributed by atoms with Crippen LogP contribution in [0.15, 0.2) is 44.4 Å². The van der Waals surface area contributed by atoms with Gasteiger partial charge in [0.2, 0.25) is 0 Å². The fourth-order valence-electron chi connectivity index (χ4n) is 1.26. The molecule has 0 spiro atoms. The van der Waals surface area contributed by atoms with Crippen molar-refractivity contribution in [2.75, 3.05) is 5.75 Å². The summed E-state index contributed by atoms with van der Waals surface area (Å²) in [7, 11) is 0. The summed E-state index contributed by atoms with van der Waals surface area (Å²) in [6, 6.07) is 6.26. The van der Waals surface area contributed by atoms with Crippen LogP contribution in [-0.4, -0.2) is 11.5 Å². The van der Waals surface area contributed by atoms with Gasteiger partial charge in [0, 0.05) is 25.7 Å². The Labute approximate surface area is 115 Å². The number of thioether (sulfide) groups is 1. The molecule has 1 aromatic carbocycles. The van der Waals surface area contributed by atoms with Gasteiger partial charge in [-0.25, -0.2) is 4.39 Å². The number of ketones is 1. The van der Waals surface area contributed by atoms with E-state index in [1.54, 1.807) is 12.1 Å². The molecular formula is C12H8BrFOS2. The summed E-state index contributed by atoms with van der Waals surface area (Å²) in [5, 5.41) is 3.69. The summed E-state index contributed by atoms with van der Waals surface area (Å²) in [4.78, 5) is 12.6. The molecule has 0 aliphatic rings. The summed E-state index contributed by atoms with van der Waals surface area (Å²) < 4.78 is 13.8. The lowest BCUT2D eigenvalue weighted by Crippen LogP contribution is -2.01. The average Bonchev–Trinajstić information content (AvgIpc) is 2.72. The molecule has 0 radical (unpaired) electrons. The molecule has 0 unspecified atom stereocenters. The maximum atomic E-state index is 12.9. The van der Waals surface area contributed by atoms with E-state index in [1.807, 2.05) is 10.8 Å². The maximum Gasteiger partial charge on any atom is 0.175 e. The summed E-state index contributed by atoms with van der Waals surface area (Å²) in [6.45, 7) is 0. The highest BCUT2D eigenvalue weighted by molar-refractivity contribution is 9.10. The van der Waals surface area contributed by atoms with Gasteiger partial charge >= 0.3 is 0 Å². The van der Waals surface area contributed by atoms with Crippen molar-refractivity contribution in [2.24, 2.45) is 0 Å². The Morgan fingerprint density at radius 1 is 1.41 bits per heavy atom. The van der Waals surface area contributed by atoms with Gasteiger partial charge in [0.05, 0.1) is 5.75 Å². The van der Waals surface area contributed by atoms with Crippen molar-refractivity contribution in [3.05, 3.63) is 50.9 Å². The number of hydrogen-bond acceptors (Lipinski definition) is 3. The molecule has 0 amide bonds. The van der Waals surface area contributed by atoms with Crippen LogP contribution < -0.4 is 0 Å². The van der Waals surface area contributed by atoms with E-state index in [9.17, 15) is 9.18 Å². The van der Waals surface area contributed by atoms with Gasteiger partial charge in [-0.1, -0.05) is 6.07 Å². The highest BCUT2D eigenvalue weighted by atomic mass is 79.9. The Morgan fingerprint density at radius 2 is 2.24 bits per heavy atom. The Balaban J connectivity index is 1.99. The van der Waals surface area contributed by atoms with Crippen LogP contribution in [0.1, 0.15) is 10.4 Å². The molecule has 17 heavy (non-hydrogen) atoms. The predicted molar refractivity (Wildman–Crippen MR) is 73.5 cm³/mol. The third kappa shape index (κ3) is 3.40. The van der Waals surface area contributed by atoms with Crippen LogP contribution in [-0.2, 0) is 0 Å². The number of Topliss-reactive ketones (excluding diaryl/α,β-unsaturated/α-hetero) is 1. The second-order valence-electron chi connectivity index (χ2n) is 3.30. The van der Waals surface area contributed by atoms with Crippen molar-refractivity contribution in [2.45, 2.75) is 4.90 Å². The third-order valence-electron chi connectivity index (χ3n) is 2.08. The molecule has 1 heterocycles. The Morgan fingerprint density at radius 3 is 2.88 bits per heavy atom. The van der Waals surface area contributed by atoms with Crippen molar-refractivity contribution in [3.63, 3.8) is 0 Å². The van der Waals surface area contributed by atoms with E-state index >= 15 is 0 Å². The van der Waals surface area contributed by atoms with Gasteiger partial charge in [0.15, 0.2) is 5.78 Å². The molecule has 1 nitrogen and oxygen atoms in total. The zero-order chi connectivity index (χ0) is 12.3. The van der Waals surface area contributed by atoms with E-state index in [0.717, 1.165) is 9.37 Å². The van der Waals surface area contributed by atoms with Gasteiger partial charge in [-0.15, -0.1) is 11.8 Å². The zero-order valence-electron chi connectivity index (χ0n) is 8.65. The van der Waals surface area contributed by atoms with Gasteiger partial charge in [-0.05, 0) is 34.1 Å². The molecule has 2 rings (SSSR count). The molecule has 0 aliphatic carbocycles. The van der Waals surface area contributed by atoms with E-state index in [0.29, 0.717) is 11.3 Å². The molecule has 5 heteroatoms. The van der Waals surface area contributed by atoms with Crippen LogP contribution in [0.4, 0.5) is 4.39 Å². The lowest BCUT2D eigenvalue weighted by molar-refractivity contribution is 0.102. The molecule has 0 fully saturated rings. The minimum atomic E-state index is -0.279. The second kappa shape index (κ2) is 5.80. The third-order valence-corrected chi connectivity index (χ3v) is 4.78. The topological polar surface area (TPSA) is 17.1 Å². The van der Waals surface area contributed by atoms with Crippen LogP contribution in [0.2, 0.25) is 0 Å². The number of benzene rings is 1. The van der Waals surface area contributed by atoms with E-state index < -0.39 is 0 Å². The standard InChI is InChI=1S/C12H8BrFOS2/c13-11-6-16-5-10(11)12(15)7-17-9-3-1-2-8(14)4-9/h1-6H,7H2. The molecule has 88 valence electrons. The molecule has 0 aliphatic heterocycles. The molecule has 0 saturated heterocycles. The van der Waals surface area contributed by atoms with Crippen molar-refractivity contribution in [1.82, 2.24) is 0 Å². The monoisotopic (exact) mass is 330 g/mol. The Hall–Kier alpha value is -0.650. The smallest absolute Gasteiger partial charge is 0.175 e. The SMILES string of the molecule is O=C(CSc1cccc(F)c1)c1cscc1Br. The zero-order valence-corrected chi connectivity index (χ0v) is 11.9. The van der Waals surface area contributed by atoms with E-state index in [1.165, 1.54) is 35.2 Å². The first-order chi connectivity index (χ1) is 8.16. The average molecular weight is 331 g/mol. The highest BCUT2D eigenvalue weighted by Gasteiger charge is 2.11. The summed E-state index contributed by atoms with van der Waals surface area (Å²) in [5.74, 6) is 0.0882. The van der Waals surface area contributed by atoms with E-state index in [4.69, 9.17) is 0 Å². The molecule has 0 bridgehead atoms. The fraction of sp³-hybridized carbons (Fsp3) is 0.0833. The number of carbonyl (C=O) groups is 1. The largest absolute Gasteiger partial charge is 0.293 e. The summed E-state index contributed by atoms with van der Waals surface area (Å²) in [6.07, 6.45) is 0. The Bertz CT molecular complexity index is 539. The van der Waals surface area contributed by atoms with Crippen molar-refractivity contribution >= 4 is 44.8 Å². The molecule has 0 atom stereocenters. The second-order valence-corrected chi connectivity index (χ2v) is 5.95. The van der Waals surface area contributed by atoms with Crippen LogP contribution in [0.25, 0.3) is 0 Å². The lowest BCUT2D eigenvalue weighted by Gasteiger charge is -2.01. The quantitative estimate of drug-likeness (QED) is 0.600. The molecule has 2 aromatic rings. The van der Waals surface area contributed by atoms with Crippen LogP contribution in [0, 0.1) is 5.82 Å². The van der Waals surface area contributed by atoms with E-state index in [-0.39, 0.29) is 11.6 Å². The van der Waals surface area contributed by atoms with Crippen LogP contribution >= 0.6 is 39.0 Å². The molecule has 1 aromatic heterocycles. The maximum absolute atomic E-state index is 12.9. The highest BCUT2D eigenvalue weighted by Crippen LogP contribution is 2.25. The number of rotatable bonds is 4. The summed E-state index contributed by atoms with van der Waals surface area (Å²) in [5.41, 5.74) is 0.693. The first kappa shape index (κ1) is 12.8. The van der Waals surface area contributed by atoms with Gasteiger partial charge < -0.3 is 0 Å². The lowest BCUT2D eigenvalue weighted by atomic mass is 10.2. The molecule has 0 saturated carbocycles. The number of thiophene rings is 1. The fourth-order valence-corrected chi connectivity index (χ4v) is 3.61. The summed E-state index contributed by atoms with van der Waals surface area (Å²) >= 11 is 6.15. The van der Waals surface area contributed by atoms with Crippen LogP contribution in [0.5, 0.6) is 0 Å². The van der Waals surface area contributed by atoms with Crippen molar-refractivity contribution in [3.8, 4) is 0 Å². The van der Waals surface area contributed by atoms with Crippen LogP contribution in [0.3, 0.4) is 0 Å². The number of halogens is 2. The van der Waals surface area contributed by atoms with E-state index in [2.05, 4.69) is 15.9 Å². The first-order valence-corrected chi connectivity index (χ1v) is 7.52. The predicted octanol–water partition coefficient (Wildman–Crippen LogP) is 4.62. The van der Waals surface area contributed by atoms with Gasteiger partial charge in [-0.2, -0.15) is 11.3 Å².